The SMILES string of the molecule is CN(C)C(=O)COc1cccc(CNCC2CC=CCC2)c1. The minimum absolute atomic E-state index is 0.0334. The minimum Gasteiger partial charge on any atom is -0.484 e. The predicted molar refractivity (Wildman–Crippen MR) is 88.8 cm³/mol. The van der Waals surface area contributed by atoms with E-state index in [1.807, 2.05) is 18.2 Å². The average Bonchev–Trinajstić information content (AvgIpc) is 2.54. The average molecular weight is 302 g/mol. The van der Waals surface area contributed by atoms with Crippen LogP contribution in [-0.4, -0.2) is 38.1 Å². The molecule has 120 valence electrons. The highest BCUT2D eigenvalue weighted by atomic mass is 16.5. The van der Waals surface area contributed by atoms with Crippen LogP contribution >= 0.6 is 0 Å². The summed E-state index contributed by atoms with van der Waals surface area (Å²) in [6, 6.07) is 7.93. The molecule has 1 N–H and O–H groups in total. The molecule has 0 spiro atoms. The summed E-state index contributed by atoms with van der Waals surface area (Å²) in [5, 5.41) is 3.52. The first-order chi connectivity index (χ1) is 10.6. The van der Waals surface area contributed by atoms with Gasteiger partial charge in [0.05, 0.1) is 0 Å². The largest absolute Gasteiger partial charge is 0.484 e. The fraction of sp³-hybridized carbons (Fsp3) is 0.500. The molecule has 4 heteroatoms. The van der Waals surface area contributed by atoms with Gasteiger partial charge < -0.3 is 15.0 Å². The standard InChI is InChI=1S/C18H26N2O2/c1-20(2)18(21)14-22-17-10-6-9-16(11-17)13-19-12-15-7-4-3-5-8-15/h3-4,6,9-11,15,19H,5,7-8,12-14H2,1-2H3. The molecule has 2 rings (SSSR count). The van der Waals surface area contributed by atoms with Crippen LogP contribution in [0.1, 0.15) is 24.8 Å². The van der Waals surface area contributed by atoms with E-state index < -0.39 is 0 Å². The van der Waals surface area contributed by atoms with Gasteiger partial charge in [0.2, 0.25) is 0 Å². The number of benzene rings is 1. The molecule has 0 saturated heterocycles. The van der Waals surface area contributed by atoms with E-state index in [4.69, 9.17) is 4.74 Å². The molecule has 0 aliphatic heterocycles. The van der Waals surface area contributed by atoms with E-state index in [1.54, 1.807) is 14.1 Å². The van der Waals surface area contributed by atoms with Gasteiger partial charge in [-0.05, 0) is 49.4 Å². The van der Waals surface area contributed by atoms with Crippen molar-refractivity contribution in [1.29, 1.82) is 0 Å². The minimum atomic E-state index is -0.0334. The van der Waals surface area contributed by atoms with Gasteiger partial charge in [-0.25, -0.2) is 0 Å². The van der Waals surface area contributed by atoms with Crippen LogP contribution in [0.15, 0.2) is 36.4 Å². The second kappa shape index (κ2) is 8.59. The molecule has 0 bridgehead atoms. The highest BCUT2D eigenvalue weighted by Crippen LogP contribution is 2.17. The van der Waals surface area contributed by atoms with Crippen LogP contribution in [0.5, 0.6) is 5.75 Å². The summed E-state index contributed by atoms with van der Waals surface area (Å²) >= 11 is 0. The highest BCUT2D eigenvalue weighted by molar-refractivity contribution is 5.77. The number of hydrogen-bond donors (Lipinski definition) is 1. The zero-order chi connectivity index (χ0) is 15.8. The fourth-order valence-corrected chi connectivity index (χ4v) is 2.48. The molecule has 0 heterocycles. The number of rotatable bonds is 7. The van der Waals surface area contributed by atoms with Crippen molar-refractivity contribution in [2.45, 2.75) is 25.8 Å². The topological polar surface area (TPSA) is 41.6 Å². The van der Waals surface area contributed by atoms with E-state index in [-0.39, 0.29) is 12.5 Å². The lowest BCUT2D eigenvalue weighted by atomic mass is 9.94. The Labute approximate surface area is 133 Å². The van der Waals surface area contributed by atoms with Crippen LogP contribution in [-0.2, 0) is 11.3 Å². The number of ether oxygens (including phenoxy) is 1. The molecule has 1 atom stereocenters. The summed E-state index contributed by atoms with van der Waals surface area (Å²) in [6.45, 7) is 1.96. The molecule has 4 nitrogen and oxygen atoms in total. The first-order valence-electron chi connectivity index (χ1n) is 7.93. The van der Waals surface area contributed by atoms with Crippen molar-refractivity contribution in [3.05, 3.63) is 42.0 Å². The van der Waals surface area contributed by atoms with Crippen LogP contribution in [0, 0.1) is 5.92 Å². The molecule has 1 amide bonds. The number of likely N-dealkylation sites (N-methyl/N-ethyl adjacent to an activating group) is 1. The predicted octanol–water partition coefficient (Wildman–Crippen LogP) is 2.60. The smallest absolute Gasteiger partial charge is 0.259 e. The lowest BCUT2D eigenvalue weighted by Crippen LogP contribution is -2.27. The van der Waals surface area contributed by atoms with Gasteiger partial charge in [-0.3, -0.25) is 4.79 Å². The van der Waals surface area contributed by atoms with Crippen molar-refractivity contribution >= 4 is 5.91 Å². The van der Waals surface area contributed by atoms with Crippen LogP contribution in [0.4, 0.5) is 0 Å². The summed E-state index contributed by atoms with van der Waals surface area (Å²) in [6.07, 6.45) is 8.22. The van der Waals surface area contributed by atoms with Crippen LogP contribution in [0.2, 0.25) is 0 Å². The second-order valence-corrected chi connectivity index (χ2v) is 6.01. The molecule has 1 aliphatic carbocycles. The van der Waals surface area contributed by atoms with Gasteiger partial charge in [0.25, 0.3) is 5.91 Å². The number of hydrogen-bond acceptors (Lipinski definition) is 3. The zero-order valence-corrected chi connectivity index (χ0v) is 13.5. The second-order valence-electron chi connectivity index (χ2n) is 6.01. The Morgan fingerprint density at radius 2 is 2.23 bits per heavy atom. The Bertz CT molecular complexity index is 512. The molecule has 0 radical (unpaired) electrons. The van der Waals surface area contributed by atoms with Crippen LogP contribution < -0.4 is 10.1 Å². The van der Waals surface area contributed by atoms with Gasteiger partial charge in [0.15, 0.2) is 6.61 Å². The van der Waals surface area contributed by atoms with Gasteiger partial charge in [-0.15, -0.1) is 0 Å². The van der Waals surface area contributed by atoms with Crippen molar-refractivity contribution in [3.8, 4) is 5.75 Å². The van der Waals surface area contributed by atoms with E-state index in [9.17, 15) is 4.79 Å². The molecule has 0 aromatic heterocycles. The van der Waals surface area contributed by atoms with Gasteiger partial charge in [0, 0.05) is 20.6 Å². The van der Waals surface area contributed by atoms with Gasteiger partial charge in [-0.1, -0.05) is 24.3 Å². The Morgan fingerprint density at radius 3 is 2.95 bits per heavy atom. The summed E-state index contributed by atoms with van der Waals surface area (Å²) in [5.41, 5.74) is 1.18. The third-order valence-corrected chi connectivity index (χ3v) is 3.90. The Hall–Kier alpha value is -1.81. The first-order valence-corrected chi connectivity index (χ1v) is 7.93. The van der Waals surface area contributed by atoms with E-state index >= 15 is 0 Å². The maximum absolute atomic E-state index is 11.5. The summed E-state index contributed by atoms with van der Waals surface area (Å²) < 4.78 is 5.54. The molecular formula is C18H26N2O2. The number of nitrogens with one attached hydrogen (secondary N) is 1. The van der Waals surface area contributed by atoms with Gasteiger partial charge in [0.1, 0.15) is 5.75 Å². The van der Waals surface area contributed by atoms with Crippen LogP contribution in [0.3, 0.4) is 0 Å². The number of allylic oxidation sites excluding steroid dienone is 2. The van der Waals surface area contributed by atoms with Gasteiger partial charge in [-0.2, -0.15) is 0 Å². The number of nitrogens with zero attached hydrogens (tertiary/aromatic N) is 1. The first kappa shape index (κ1) is 16.6. The van der Waals surface area contributed by atoms with E-state index in [1.165, 1.54) is 29.7 Å². The van der Waals surface area contributed by atoms with Gasteiger partial charge >= 0.3 is 0 Å². The summed E-state index contributed by atoms with van der Waals surface area (Å²) in [5.74, 6) is 1.46. The third kappa shape index (κ3) is 5.53. The monoisotopic (exact) mass is 302 g/mol. The van der Waals surface area contributed by atoms with Crippen LogP contribution in [0.25, 0.3) is 0 Å². The van der Waals surface area contributed by atoms with E-state index in [0.29, 0.717) is 0 Å². The lowest BCUT2D eigenvalue weighted by molar-refractivity contribution is -0.130. The molecule has 1 aromatic carbocycles. The quantitative estimate of drug-likeness (QED) is 0.787. The lowest BCUT2D eigenvalue weighted by Gasteiger charge is -2.18. The summed E-state index contributed by atoms with van der Waals surface area (Å²) in [4.78, 5) is 13.1. The zero-order valence-electron chi connectivity index (χ0n) is 13.5. The number of carbonyl (C=O) groups is 1. The van der Waals surface area contributed by atoms with E-state index in [0.717, 1.165) is 24.8 Å². The van der Waals surface area contributed by atoms with Crippen molar-refractivity contribution < 1.29 is 9.53 Å². The Morgan fingerprint density at radius 1 is 1.36 bits per heavy atom. The molecule has 1 aliphatic rings. The van der Waals surface area contributed by atoms with E-state index in [2.05, 4.69) is 23.5 Å². The molecule has 1 unspecified atom stereocenters. The normalized spacial score (nSPS) is 17.3. The number of amides is 1. The maximum atomic E-state index is 11.5. The molecule has 0 saturated carbocycles. The highest BCUT2D eigenvalue weighted by Gasteiger charge is 2.09. The molecule has 22 heavy (non-hydrogen) atoms. The molecule has 0 fully saturated rings. The van der Waals surface area contributed by atoms with Crippen molar-refractivity contribution in [1.82, 2.24) is 10.2 Å². The fourth-order valence-electron chi connectivity index (χ4n) is 2.48. The van der Waals surface area contributed by atoms with Crippen molar-refractivity contribution in [2.75, 3.05) is 27.2 Å². The van der Waals surface area contributed by atoms with Crippen molar-refractivity contribution in [3.63, 3.8) is 0 Å². The Kier molecular flexibility index (Phi) is 6.46. The molecular weight excluding hydrogens is 276 g/mol. The summed E-state index contributed by atoms with van der Waals surface area (Å²) in [7, 11) is 3.46. The third-order valence-electron chi connectivity index (χ3n) is 3.90. The molecule has 1 aromatic rings. The Balaban J connectivity index is 1.75. The number of carbonyl (C=O) groups excluding carboxylic acids is 1. The maximum Gasteiger partial charge on any atom is 0.259 e. The van der Waals surface area contributed by atoms with Crippen molar-refractivity contribution in [2.24, 2.45) is 5.92 Å².